The van der Waals surface area contributed by atoms with Gasteiger partial charge in [-0.3, -0.25) is 91.1 Å². The number of H-pyrrole nitrogens is 1. The number of nitrogens with two attached hydrogens (primary N) is 2. The van der Waals surface area contributed by atoms with Crippen molar-refractivity contribution in [3.8, 4) is 5.75 Å². The number of carboxylic acids is 4. The van der Waals surface area contributed by atoms with Gasteiger partial charge in [-0.05, 0) is 92.6 Å². The normalized spacial score (nSPS) is 20.0. The molecular formula is C86H113N17O27. The van der Waals surface area contributed by atoms with E-state index in [1.165, 1.54) is 24.3 Å². The van der Waals surface area contributed by atoms with Crippen LogP contribution in [0.15, 0.2) is 109 Å². The smallest absolute Gasteiger partial charge is 0.329 e. The van der Waals surface area contributed by atoms with Gasteiger partial charge in [0.2, 0.25) is 82.7 Å². The van der Waals surface area contributed by atoms with Gasteiger partial charge < -0.3 is 126 Å². The van der Waals surface area contributed by atoms with Gasteiger partial charge in [0, 0.05) is 54.2 Å². The van der Waals surface area contributed by atoms with Crippen LogP contribution in [0.4, 0.5) is 5.69 Å². The Bertz CT molecular complexity index is 4840. The molecule has 2 heterocycles. The number of aliphatic hydroxyl groups excluding tert-OH is 1. The molecule has 13 atom stereocenters. The number of carboxylic acid groups (broad SMARTS) is 4. The number of ketones is 1. The van der Waals surface area contributed by atoms with E-state index in [1.807, 2.05) is 41.0 Å². The predicted molar refractivity (Wildman–Crippen MR) is 460 cm³/mol. The zero-order valence-corrected chi connectivity index (χ0v) is 72.0. The Morgan fingerprint density at radius 1 is 0.531 bits per heavy atom. The molecule has 44 heteroatoms. The summed E-state index contributed by atoms with van der Waals surface area (Å²) in [5.41, 5.74) is 14.1. The van der Waals surface area contributed by atoms with Crippen LogP contribution in [-0.2, 0) is 115 Å². The molecular weight excluding hydrogens is 1700 g/mol. The standard InChI is InChI=1S/C86H113N17O27/c1-5-6-7-8-9-10-14-27-67(107)95-58(34-51-41-90-56-25-18-16-22-53(51)56)80(122)98-59(36-66(88)106)81(123)100-62(39-73(116)117)82(124)103-75-48(4)130-86(128)63(35-65(105)54-23-15-17-24-55(54)87)101-85(127)74(46(2)33-70(110)111)102-83(125)64(44-104)96-69(109)42-91-77(119)60(37-71(112)113)97-76(118)47(3)93-79(121)61(38-72(114)115)99-78(120)57(94-68(108)43-92-84(75)126)26-19-32-89-40-49-28-30-52(31-29-49)129-45-50-20-12-11-13-21-50/h11-13,15-18,20-25,28-31,41,46-48,57-64,74-75,89-90,104H,5-10,14,19,26-27,32-40,42-45,87H2,1-4H3,(H2,88,106)(H,91,119)(H,92,126)(H,93,121)(H,94,108)(H,95,107)(H,96,109)(H,97,118)(H,98,122)(H,99,120)(H,100,123)(H,101,127)(H,102,125)(H,103,124)(H,110,111)(H,112,113)(H,114,115)(H,116,117). The van der Waals surface area contributed by atoms with Gasteiger partial charge in [-0.15, -0.1) is 0 Å². The molecule has 13 unspecified atom stereocenters. The Kier molecular flexibility index (Phi) is 42.7. The van der Waals surface area contributed by atoms with E-state index in [1.54, 1.807) is 54.7 Å². The van der Waals surface area contributed by atoms with Crippen LogP contribution in [0.25, 0.3) is 10.9 Å². The zero-order valence-electron chi connectivity index (χ0n) is 72.0. The molecule has 24 N–H and O–H groups in total. The molecule has 4 aromatic carbocycles. The van der Waals surface area contributed by atoms with E-state index in [-0.39, 0.29) is 56.6 Å². The molecule has 6 rings (SSSR count). The molecule has 5 aromatic rings. The van der Waals surface area contributed by atoms with Crippen molar-refractivity contribution in [1.29, 1.82) is 0 Å². The number of esters is 1. The number of nitrogens with one attached hydrogen (secondary N) is 15. The molecule has 1 aliphatic heterocycles. The van der Waals surface area contributed by atoms with Crippen LogP contribution in [0.5, 0.6) is 5.75 Å². The average molecular weight is 1820 g/mol. The fourth-order valence-electron chi connectivity index (χ4n) is 13.5. The van der Waals surface area contributed by atoms with Crippen molar-refractivity contribution in [3.05, 3.63) is 132 Å². The zero-order chi connectivity index (χ0) is 95.7. The molecule has 1 aliphatic rings. The maximum atomic E-state index is 15.0. The Morgan fingerprint density at radius 2 is 1.09 bits per heavy atom. The fourth-order valence-corrected chi connectivity index (χ4v) is 13.5. The number of carbonyl (C=O) groups is 20. The number of primary amides is 1. The van der Waals surface area contributed by atoms with Crippen LogP contribution in [0.3, 0.4) is 0 Å². The largest absolute Gasteiger partial charge is 0.489 e. The molecule has 0 bridgehead atoms. The fraction of sp³-hybridized carbons (Fsp3) is 0.465. The highest BCUT2D eigenvalue weighted by atomic mass is 16.5. The molecule has 130 heavy (non-hydrogen) atoms. The first-order valence-corrected chi connectivity index (χ1v) is 42.1. The topological polar surface area (TPSA) is 697 Å². The van der Waals surface area contributed by atoms with E-state index in [0.717, 1.165) is 64.0 Å². The lowest BCUT2D eigenvalue weighted by Crippen LogP contribution is -2.62. The van der Waals surface area contributed by atoms with Crippen molar-refractivity contribution < 1.29 is 131 Å². The van der Waals surface area contributed by atoms with Gasteiger partial charge in [-0.2, -0.15) is 0 Å². The highest BCUT2D eigenvalue weighted by Gasteiger charge is 2.41. The first kappa shape index (κ1) is 104. The van der Waals surface area contributed by atoms with Gasteiger partial charge in [0.05, 0.1) is 51.8 Å². The first-order valence-electron chi connectivity index (χ1n) is 42.1. The molecule has 14 amide bonds. The number of cyclic esters (lactones) is 1. The highest BCUT2D eigenvalue weighted by molar-refractivity contribution is 6.05. The minimum Gasteiger partial charge on any atom is -0.489 e. The molecule has 1 aromatic heterocycles. The van der Waals surface area contributed by atoms with Crippen LogP contribution in [-0.4, -0.2) is 248 Å². The Morgan fingerprint density at radius 3 is 1.72 bits per heavy atom. The monoisotopic (exact) mass is 1820 g/mol. The third kappa shape index (κ3) is 35.8. The number of ether oxygens (including phenoxy) is 2. The van der Waals surface area contributed by atoms with Crippen LogP contribution in [0.2, 0.25) is 0 Å². The molecule has 0 aliphatic carbocycles. The van der Waals surface area contributed by atoms with Gasteiger partial charge in [-0.25, -0.2) is 4.79 Å². The predicted octanol–water partition coefficient (Wildman–Crippen LogP) is -2.21. The van der Waals surface area contributed by atoms with Crippen molar-refractivity contribution >= 4 is 135 Å². The number of aliphatic carboxylic acids is 4. The van der Waals surface area contributed by atoms with Crippen molar-refractivity contribution in [1.82, 2.24) is 79.4 Å². The number of carbonyl (C=O) groups excluding carboxylic acids is 16. The lowest BCUT2D eigenvalue weighted by molar-refractivity contribution is -0.156. The second kappa shape index (κ2) is 53.2. The third-order valence-electron chi connectivity index (χ3n) is 20.5. The van der Waals surface area contributed by atoms with E-state index >= 15 is 9.59 Å². The van der Waals surface area contributed by atoms with E-state index in [4.69, 9.17) is 20.9 Å². The Labute approximate surface area is 745 Å². The molecule has 1 saturated heterocycles. The maximum Gasteiger partial charge on any atom is 0.329 e. The van der Waals surface area contributed by atoms with Crippen LogP contribution in [0, 0.1) is 5.92 Å². The average Bonchev–Trinajstić information content (AvgIpc) is 1.69. The Balaban J connectivity index is 1.41. The number of amides is 14. The van der Waals surface area contributed by atoms with Crippen molar-refractivity contribution in [2.45, 2.75) is 223 Å². The summed E-state index contributed by atoms with van der Waals surface area (Å²) in [5, 5.41) is 83.0. The number of para-hydroxylation sites is 2. The van der Waals surface area contributed by atoms with Gasteiger partial charge in [0.15, 0.2) is 5.78 Å². The molecule has 0 radical (unpaired) electrons. The number of rotatable bonds is 41. The minimum atomic E-state index is -2.47. The molecule has 44 nitrogen and oxygen atoms in total. The van der Waals surface area contributed by atoms with Crippen LogP contribution < -0.4 is 90.6 Å². The van der Waals surface area contributed by atoms with Crippen molar-refractivity contribution in [3.63, 3.8) is 0 Å². The minimum absolute atomic E-state index is 0.0240. The number of aromatic nitrogens is 1. The number of benzene rings is 4. The van der Waals surface area contributed by atoms with E-state index in [2.05, 4.69) is 75.7 Å². The van der Waals surface area contributed by atoms with Gasteiger partial charge >= 0.3 is 29.8 Å². The second-order valence-corrected chi connectivity index (χ2v) is 31.1. The lowest BCUT2D eigenvalue weighted by atomic mass is 9.96. The number of hydrogen-bond acceptors (Lipinski definition) is 25. The van der Waals surface area contributed by atoms with Crippen molar-refractivity contribution in [2.75, 3.05) is 32.0 Å². The quantitative estimate of drug-likeness (QED) is 0.00854. The van der Waals surface area contributed by atoms with E-state index < -0.39 is 255 Å². The summed E-state index contributed by atoms with van der Waals surface area (Å²) in [4.78, 5) is 280. The molecule has 0 saturated carbocycles. The Hall–Kier alpha value is -14.5. The number of Topliss-reactive ketones (excluding diaryl/α,β-unsaturated/α-hetero) is 1. The lowest BCUT2D eigenvalue weighted by Gasteiger charge is -2.30. The summed E-state index contributed by atoms with van der Waals surface area (Å²) in [6.45, 7) is 1.86. The second-order valence-electron chi connectivity index (χ2n) is 31.1. The maximum absolute atomic E-state index is 15.0. The van der Waals surface area contributed by atoms with Crippen molar-refractivity contribution in [2.24, 2.45) is 11.7 Å². The third-order valence-corrected chi connectivity index (χ3v) is 20.5. The van der Waals surface area contributed by atoms with Gasteiger partial charge in [0.1, 0.15) is 84.9 Å². The molecule has 0 spiro atoms. The number of unbranched alkanes of at least 4 members (excludes halogenated alkanes) is 6. The molecule has 1 fully saturated rings. The number of nitrogen functional groups attached to an aromatic ring is 1. The summed E-state index contributed by atoms with van der Waals surface area (Å²) in [5.74, 6) is -29.2. The number of aliphatic hydroxyl groups is 1. The number of anilines is 1. The number of aromatic amines is 1. The summed E-state index contributed by atoms with van der Waals surface area (Å²) in [6.07, 6.45) is -2.36. The van der Waals surface area contributed by atoms with E-state index in [0.29, 0.717) is 35.1 Å². The highest BCUT2D eigenvalue weighted by Crippen LogP contribution is 2.23. The van der Waals surface area contributed by atoms with E-state index in [9.17, 15) is 112 Å². The first-order chi connectivity index (χ1) is 61.8. The summed E-state index contributed by atoms with van der Waals surface area (Å²) in [7, 11) is 0. The van der Waals surface area contributed by atoms with Gasteiger partial charge in [0.25, 0.3) is 0 Å². The number of hydrogen-bond donors (Lipinski definition) is 22. The summed E-state index contributed by atoms with van der Waals surface area (Å²) in [6, 6.07) is 5.63. The SMILES string of the molecule is CCCCCCCCCC(=O)NC(Cc1c[nH]c2ccccc12)C(=O)NC(CC(N)=O)C(=O)NC(CC(=O)O)C(=O)NC1C(=O)NCC(=O)NC(CCCNCc2ccc(OCc3ccccc3)cc2)C(=O)NC(CC(=O)O)C(=O)NC(C)C(=O)NC(CC(=O)O)C(=O)NCC(=O)NC(CO)C(=O)NC(C(C)CC(=O)O)C(=O)NC(CC(=O)c2ccccc2N)C(=O)OC1C. The van der Waals surface area contributed by atoms with Crippen LogP contribution >= 0.6 is 0 Å². The summed E-state index contributed by atoms with van der Waals surface area (Å²) >= 11 is 0. The summed E-state index contributed by atoms with van der Waals surface area (Å²) < 4.78 is 11.6. The molecule has 704 valence electrons. The van der Waals surface area contributed by atoms with Crippen LogP contribution in [0.1, 0.15) is 157 Å². The van der Waals surface area contributed by atoms with Gasteiger partial charge in [-0.1, -0.05) is 125 Å². The number of fused-ring (bicyclic) bond motifs is 1.